The van der Waals surface area contributed by atoms with Crippen LogP contribution in [0.2, 0.25) is 0 Å². The average Bonchev–Trinajstić information content (AvgIpc) is 3.26. The number of hydrogen-bond donors (Lipinski definition) is 0. The summed E-state index contributed by atoms with van der Waals surface area (Å²) < 4.78 is 0. The van der Waals surface area contributed by atoms with Crippen molar-refractivity contribution in [3.05, 3.63) is 63.0 Å². The van der Waals surface area contributed by atoms with Gasteiger partial charge >= 0.3 is 0 Å². The van der Waals surface area contributed by atoms with Gasteiger partial charge in [-0.3, -0.25) is 9.69 Å². The number of amides is 1. The van der Waals surface area contributed by atoms with Crippen LogP contribution in [0.15, 0.2) is 56.7 Å². The summed E-state index contributed by atoms with van der Waals surface area (Å²) in [5, 5.41) is 3.90. The van der Waals surface area contributed by atoms with Crippen molar-refractivity contribution in [1.82, 2.24) is 9.88 Å². The van der Waals surface area contributed by atoms with E-state index in [0.29, 0.717) is 20.2 Å². The van der Waals surface area contributed by atoms with E-state index in [9.17, 15) is 4.79 Å². The molecule has 0 spiro atoms. The molecule has 1 aliphatic heterocycles. The zero-order valence-corrected chi connectivity index (χ0v) is 18.6. The van der Waals surface area contributed by atoms with Crippen LogP contribution in [0.3, 0.4) is 0 Å². The van der Waals surface area contributed by atoms with Gasteiger partial charge in [0.15, 0.2) is 5.17 Å². The molecule has 0 bridgehead atoms. The fourth-order valence-corrected chi connectivity index (χ4v) is 5.63. The Morgan fingerprint density at radius 3 is 2.69 bits per heavy atom. The number of aliphatic imine (C=N–C) groups is 1. The molecule has 2 aliphatic rings. The van der Waals surface area contributed by atoms with Crippen molar-refractivity contribution in [2.45, 2.75) is 45.1 Å². The Kier molecular flexibility index (Phi) is 6.53. The molecule has 150 valence electrons. The van der Waals surface area contributed by atoms with Crippen LogP contribution in [-0.4, -0.2) is 27.0 Å². The van der Waals surface area contributed by atoms with Crippen LogP contribution in [0.4, 0.5) is 5.13 Å². The van der Waals surface area contributed by atoms with Crippen LogP contribution in [0.25, 0.3) is 6.08 Å². The van der Waals surface area contributed by atoms with Gasteiger partial charge in [0.05, 0.1) is 10.6 Å². The SMILES string of the molecule is Cc1csc(/N=C2/S/C(=C\C(Cl)=C\c3ccccc3)C(=O)N2C2CCCCC2)n1. The monoisotopic (exact) mass is 443 g/mol. The average molecular weight is 444 g/mol. The van der Waals surface area contributed by atoms with Crippen LogP contribution < -0.4 is 0 Å². The summed E-state index contributed by atoms with van der Waals surface area (Å²) in [5.74, 6) is -0.00598. The maximum absolute atomic E-state index is 13.3. The highest BCUT2D eigenvalue weighted by Gasteiger charge is 2.38. The van der Waals surface area contributed by atoms with E-state index in [1.807, 2.05) is 53.6 Å². The van der Waals surface area contributed by atoms with Crippen LogP contribution in [0, 0.1) is 6.92 Å². The normalized spacial score (nSPS) is 21.5. The number of aromatic nitrogens is 1. The summed E-state index contributed by atoms with van der Waals surface area (Å²) in [5.41, 5.74) is 1.94. The number of aryl methyl sites for hydroxylation is 1. The Morgan fingerprint density at radius 2 is 2.00 bits per heavy atom. The van der Waals surface area contributed by atoms with Gasteiger partial charge in [0.25, 0.3) is 5.91 Å². The van der Waals surface area contributed by atoms with Crippen LogP contribution in [0.5, 0.6) is 0 Å². The van der Waals surface area contributed by atoms with Crippen LogP contribution in [-0.2, 0) is 4.79 Å². The van der Waals surface area contributed by atoms with E-state index in [-0.39, 0.29) is 11.9 Å². The third-order valence-corrected chi connectivity index (χ3v) is 7.00. The number of amidine groups is 1. The maximum atomic E-state index is 13.3. The molecule has 0 unspecified atom stereocenters. The van der Waals surface area contributed by atoms with E-state index in [0.717, 1.165) is 36.9 Å². The largest absolute Gasteiger partial charge is 0.283 e. The molecular weight excluding hydrogens is 422 g/mol. The first-order valence-electron chi connectivity index (χ1n) is 9.76. The van der Waals surface area contributed by atoms with Gasteiger partial charge < -0.3 is 0 Å². The number of nitrogens with zero attached hydrogens (tertiary/aromatic N) is 3. The Labute approximate surface area is 184 Å². The quantitative estimate of drug-likeness (QED) is 0.506. The van der Waals surface area contributed by atoms with Crippen molar-refractivity contribution in [3.63, 3.8) is 0 Å². The van der Waals surface area contributed by atoms with E-state index < -0.39 is 0 Å². The number of benzene rings is 1. The van der Waals surface area contributed by atoms with E-state index >= 15 is 0 Å². The van der Waals surface area contributed by atoms with Crippen molar-refractivity contribution >= 4 is 57.0 Å². The Balaban J connectivity index is 1.64. The highest BCUT2D eigenvalue weighted by atomic mass is 35.5. The second-order valence-corrected chi connectivity index (χ2v) is 9.47. The topological polar surface area (TPSA) is 45.6 Å². The number of thioether (sulfide) groups is 1. The minimum absolute atomic E-state index is 0.00598. The molecule has 7 heteroatoms. The van der Waals surface area contributed by atoms with Gasteiger partial charge in [-0.1, -0.05) is 61.2 Å². The predicted octanol–water partition coefficient (Wildman–Crippen LogP) is 6.51. The van der Waals surface area contributed by atoms with E-state index in [1.165, 1.54) is 29.5 Å². The lowest BCUT2D eigenvalue weighted by atomic mass is 9.94. The molecule has 2 fully saturated rings. The summed E-state index contributed by atoms with van der Waals surface area (Å²) in [4.78, 5) is 24.9. The number of thiazole rings is 1. The molecule has 0 N–H and O–H groups in total. The molecular formula is C22H22ClN3OS2. The summed E-state index contributed by atoms with van der Waals surface area (Å²) >= 11 is 9.34. The molecule has 1 aromatic carbocycles. The van der Waals surface area contributed by atoms with E-state index in [4.69, 9.17) is 16.6 Å². The minimum Gasteiger partial charge on any atom is -0.283 e. The molecule has 0 radical (unpaired) electrons. The third-order valence-electron chi connectivity index (χ3n) is 4.95. The first-order chi connectivity index (χ1) is 14.1. The highest BCUT2D eigenvalue weighted by Crippen LogP contribution is 2.38. The molecule has 2 aromatic rings. The maximum Gasteiger partial charge on any atom is 0.267 e. The van der Waals surface area contributed by atoms with Crippen molar-refractivity contribution in [1.29, 1.82) is 0 Å². The fraction of sp³-hybridized carbons (Fsp3) is 0.318. The van der Waals surface area contributed by atoms with Crippen molar-refractivity contribution in [2.24, 2.45) is 4.99 Å². The minimum atomic E-state index is -0.00598. The van der Waals surface area contributed by atoms with Crippen LogP contribution >= 0.6 is 34.7 Å². The van der Waals surface area contributed by atoms with Gasteiger partial charge in [-0.15, -0.1) is 11.3 Å². The van der Waals surface area contributed by atoms with Crippen molar-refractivity contribution in [2.75, 3.05) is 0 Å². The number of halogens is 1. The number of allylic oxidation sites excluding steroid dienone is 2. The molecule has 1 amide bonds. The first-order valence-corrected chi connectivity index (χ1v) is 11.8. The van der Waals surface area contributed by atoms with Gasteiger partial charge in [0, 0.05) is 16.5 Å². The molecule has 2 heterocycles. The van der Waals surface area contributed by atoms with E-state index in [2.05, 4.69) is 4.98 Å². The zero-order valence-electron chi connectivity index (χ0n) is 16.2. The van der Waals surface area contributed by atoms with Gasteiger partial charge in [-0.25, -0.2) is 4.98 Å². The van der Waals surface area contributed by atoms with Crippen LogP contribution in [0.1, 0.15) is 43.4 Å². The molecule has 1 saturated carbocycles. The molecule has 0 atom stereocenters. The first kappa shape index (κ1) is 20.4. The van der Waals surface area contributed by atoms with Gasteiger partial charge in [0.1, 0.15) is 0 Å². The van der Waals surface area contributed by atoms with Crippen molar-refractivity contribution in [3.8, 4) is 0 Å². The fourth-order valence-electron chi connectivity index (χ4n) is 3.58. The lowest BCUT2D eigenvalue weighted by Gasteiger charge is -2.30. The third kappa shape index (κ3) is 5.00. The standard InChI is InChI=1S/C22H22ClN3OS2/c1-15-14-28-21(24-15)25-22-26(18-10-6-3-7-11-18)20(27)19(29-22)13-17(23)12-16-8-4-2-5-9-16/h2,4-5,8-9,12-14,18H,3,6-7,10-11H2,1H3/b17-12-,19-13-,25-22+. The lowest BCUT2D eigenvalue weighted by Crippen LogP contribution is -2.40. The summed E-state index contributed by atoms with van der Waals surface area (Å²) in [7, 11) is 0. The van der Waals surface area contributed by atoms with E-state index in [1.54, 1.807) is 6.08 Å². The Hall–Kier alpha value is -1.89. The Bertz CT molecular complexity index is 975. The number of rotatable bonds is 4. The number of hydrogen-bond acceptors (Lipinski definition) is 5. The molecule has 4 nitrogen and oxygen atoms in total. The zero-order chi connectivity index (χ0) is 20.2. The van der Waals surface area contributed by atoms with Gasteiger partial charge in [-0.05, 0) is 49.2 Å². The van der Waals surface area contributed by atoms with Gasteiger partial charge in [0.2, 0.25) is 5.13 Å². The lowest BCUT2D eigenvalue weighted by molar-refractivity contribution is -0.124. The summed E-state index contributed by atoms with van der Waals surface area (Å²) in [6.45, 7) is 1.95. The van der Waals surface area contributed by atoms with Gasteiger partial charge in [-0.2, -0.15) is 4.99 Å². The molecule has 1 saturated heterocycles. The second-order valence-electron chi connectivity index (χ2n) is 7.18. The number of carbonyl (C=O) groups is 1. The molecule has 1 aliphatic carbocycles. The molecule has 29 heavy (non-hydrogen) atoms. The smallest absolute Gasteiger partial charge is 0.267 e. The number of carbonyl (C=O) groups excluding carboxylic acids is 1. The Morgan fingerprint density at radius 1 is 1.24 bits per heavy atom. The predicted molar refractivity (Wildman–Crippen MR) is 124 cm³/mol. The van der Waals surface area contributed by atoms with Crippen molar-refractivity contribution < 1.29 is 4.79 Å². The molecule has 4 rings (SSSR count). The summed E-state index contributed by atoms with van der Waals surface area (Å²) in [6.07, 6.45) is 9.19. The molecule has 1 aromatic heterocycles. The second kappa shape index (κ2) is 9.28. The highest BCUT2D eigenvalue weighted by molar-refractivity contribution is 8.18. The summed E-state index contributed by atoms with van der Waals surface area (Å²) in [6, 6.07) is 10.1.